The lowest BCUT2D eigenvalue weighted by atomic mass is 10.3. The molecule has 0 fully saturated rings. The summed E-state index contributed by atoms with van der Waals surface area (Å²) in [5.41, 5.74) is 0.963. The van der Waals surface area contributed by atoms with E-state index in [1.165, 1.54) is 0 Å². The first-order chi connectivity index (χ1) is 8.65. The lowest BCUT2D eigenvalue weighted by Crippen LogP contribution is -2.21. The van der Waals surface area contributed by atoms with Gasteiger partial charge in [-0.3, -0.25) is 4.79 Å². The molecule has 3 nitrogen and oxygen atoms in total. The van der Waals surface area contributed by atoms with E-state index < -0.39 is 0 Å². The number of benzene rings is 1. The van der Waals surface area contributed by atoms with Crippen molar-refractivity contribution in [2.45, 2.75) is 13.5 Å². The Balaban J connectivity index is 1.92. The molecule has 0 unspecified atom stereocenters. The maximum Gasteiger partial charge on any atom is 0.250 e. The van der Waals surface area contributed by atoms with Gasteiger partial charge in [-0.05, 0) is 42.8 Å². The number of aryl methyl sites for hydroxylation is 1. The fourth-order valence-corrected chi connectivity index (χ4v) is 1.71. The van der Waals surface area contributed by atoms with Crippen molar-refractivity contribution in [3.8, 4) is 5.75 Å². The lowest BCUT2D eigenvalue weighted by molar-refractivity contribution is 0.296. The zero-order valence-electron chi connectivity index (χ0n) is 10.1. The molecule has 1 aromatic carbocycles. The van der Waals surface area contributed by atoms with Crippen molar-refractivity contribution in [1.29, 1.82) is 0 Å². The quantitative estimate of drug-likeness (QED) is 0.849. The first kappa shape index (κ1) is 12.7. The van der Waals surface area contributed by atoms with Crippen LogP contribution in [0.4, 0.5) is 0 Å². The number of hydrogen-bond donors (Lipinski definition) is 0. The van der Waals surface area contributed by atoms with E-state index >= 15 is 0 Å². The molecule has 2 aromatic rings. The third-order valence-corrected chi connectivity index (χ3v) is 2.82. The molecule has 0 aliphatic rings. The van der Waals surface area contributed by atoms with Crippen LogP contribution < -0.4 is 10.3 Å². The molecule has 1 heterocycles. The zero-order chi connectivity index (χ0) is 13.0. The van der Waals surface area contributed by atoms with Crippen LogP contribution in [-0.2, 0) is 6.54 Å². The van der Waals surface area contributed by atoms with Gasteiger partial charge >= 0.3 is 0 Å². The van der Waals surface area contributed by atoms with Crippen LogP contribution in [0.1, 0.15) is 5.56 Å². The minimum atomic E-state index is -0.00490. The third kappa shape index (κ3) is 3.37. The van der Waals surface area contributed by atoms with E-state index in [1.807, 2.05) is 13.0 Å². The highest BCUT2D eigenvalue weighted by Crippen LogP contribution is 2.15. The third-order valence-electron chi connectivity index (χ3n) is 2.57. The van der Waals surface area contributed by atoms with Gasteiger partial charge in [0.1, 0.15) is 12.4 Å². The van der Waals surface area contributed by atoms with E-state index in [9.17, 15) is 4.79 Å². The standard InChI is InChI=1S/C14H14ClNO2/c1-11-6-7-16(14(17)10-11)8-9-18-13-4-2-12(15)3-5-13/h2-7,10H,8-9H2,1H3. The van der Waals surface area contributed by atoms with Crippen molar-refractivity contribution >= 4 is 11.6 Å². The predicted molar refractivity (Wildman–Crippen MR) is 72.4 cm³/mol. The topological polar surface area (TPSA) is 31.2 Å². The minimum Gasteiger partial charge on any atom is -0.492 e. The summed E-state index contributed by atoms with van der Waals surface area (Å²) in [5, 5.41) is 0.678. The van der Waals surface area contributed by atoms with Crippen LogP contribution in [0.2, 0.25) is 5.02 Å². The Labute approximate surface area is 111 Å². The Morgan fingerprint density at radius 1 is 1.22 bits per heavy atom. The molecule has 0 atom stereocenters. The van der Waals surface area contributed by atoms with Gasteiger partial charge in [-0.2, -0.15) is 0 Å². The predicted octanol–water partition coefficient (Wildman–Crippen LogP) is 2.89. The highest BCUT2D eigenvalue weighted by molar-refractivity contribution is 6.30. The molecule has 0 aliphatic heterocycles. The number of ether oxygens (including phenoxy) is 1. The Hall–Kier alpha value is -1.74. The first-order valence-corrected chi connectivity index (χ1v) is 6.08. The lowest BCUT2D eigenvalue weighted by Gasteiger charge is -2.08. The van der Waals surface area contributed by atoms with Crippen molar-refractivity contribution in [3.05, 3.63) is 63.5 Å². The maximum atomic E-state index is 11.6. The molecule has 0 N–H and O–H groups in total. The molecule has 4 heteroatoms. The monoisotopic (exact) mass is 263 g/mol. The Morgan fingerprint density at radius 3 is 2.61 bits per heavy atom. The fourth-order valence-electron chi connectivity index (χ4n) is 1.58. The zero-order valence-corrected chi connectivity index (χ0v) is 10.9. The second-order valence-corrected chi connectivity index (χ2v) is 4.47. The summed E-state index contributed by atoms with van der Waals surface area (Å²) < 4.78 is 7.16. The molecule has 18 heavy (non-hydrogen) atoms. The van der Waals surface area contributed by atoms with E-state index in [1.54, 1.807) is 41.1 Å². The molecular formula is C14H14ClNO2. The van der Waals surface area contributed by atoms with Gasteiger partial charge in [0.05, 0.1) is 6.54 Å². The van der Waals surface area contributed by atoms with Gasteiger partial charge in [0.15, 0.2) is 0 Å². The molecule has 1 aromatic heterocycles. The van der Waals surface area contributed by atoms with Gasteiger partial charge < -0.3 is 9.30 Å². The van der Waals surface area contributed by atoms with Crippen LogP contribution in [0.25, 0.3) is 0 Å². The summed E-state index contributed by atoms with van der Waals surface area (Å²) in [6.07, 6.45) is 1.78. The summed E-state index contributed by atoms with van der Waals surface area (Å²) in [4.78, 5) is 11.6. The summed E-state index contributed by atoms with van der Waals surface area (Å²) >= 11 is 5.78. The largest absolute Gasteiger partial charge is 0.492 e. The number of aromatic nitrogens is 1. The summed E-state index contributed by atoms with van der Waals surface area (Å²) in [6.45, 7) is 2.88. The van der Waals surface area contributed by atoms with E-state index in [2.05, 4.69) is 0 Å². The number of halogens is 1. The minimum absolute atomic E-state index is 0.00490. The van der Waals surface area contributed by atoms with Crippen molar-refractivity contribution in [3.63, 3.8) is 0 Å². The molecule has 0 bridgehead atoms. The van der Waals surface area contributed by atoms with Gasteiger partial charge in [-0.25, -0.2) is 0 Å². The second-order valence-electron chi connectivity index (χ2n) is 4.04. The smallest absolute Gasteiger partial charge is 0.250 e. The van der Waals surface area contributed by atoms with Gasteiger partial charge in [-0.1, -0.05) is 11.6 Å². The van der Waals surface area contributed by atoms with E-state index in [0.29, 0.717) is 18.2 Å². The normalized spacial score (nSPS) is 10.3. The molecule has 0 saturated heterocycles. The van der Waals surface area contributed by atoms with Gasteiger partial charge in [0, 0.05) is 17.3 Å². The molecule has 0 saturated carbocycles. The molecule has 0 aliphatic carbocycles. The van der Waals surface area contributed by atoms with Crippen LogP contribution >= 0.6 is 11.6 Å². The number of hydrogen-bond acceptors (Lipinski definition) is 2. The maximum absolute atomic E-state index is 11.6. The van der Waals surface area contributed by atoms with Crippen LogP contribution in [0, 0.1) is 6.92 Å². The van der Waals surface area contributed by atoms with Crippen LogP contribution in [0.5, 0.6) is 5.75 Å². The summed E-state index contributed by atoms with van der Waals surface area (Å²) in [7, 11) is 0. The van der Waals surface area contributed by atoms with E-state index in [4.69, 9.17) is 16.3 Å². The Kier molecular flexibility index (Phi) is 4.05. The summed E-state index contributed by atoms with van der Waals surface area (Å²) in [6, 6.07) is 10.7. The van der Waals surface area contributed by atoms with Crippen molar-refractivity contribution in [2.75, 3.05) is 6.61 Å². The van der Waals surface area contributed by atoms with Gasteiger partial charge in [0.25, 0.3) is 5.56 Å². The van der Waals surface area contributed by atoms with Crippen molar-refractivity contribution < 1.29 is 4.74 Å². The van der Waals surface area contributed by atoms with E-state index in [0.717, 1.165) is 11.3 Å². The molecule has 94 valence electrons. The van der Waals surface area contributed by atoms with E-state index in [-0.39, 0.29) is 5.56 Å². The highest BCUT2D eigenvalue weighted by Gasteiger charge is 1.97. The van der Waals surface area contributed by atoms with Crippen LogP contribution in [-0.4, -0.2) is 11.2 Å². The molecule has 0 spiro atoms. The SMILES string of the molecule is Cc1ccn(CCOc2ccc(Cl)cc2)c(=O)c1. The number of pyridine rings is 1. The average Bonchev–Trinajstić information content (AvgIpc) is 2.34. The molecular weight excluding hydrogens is 250 g/mol. The van der Waals surface area contributed by atoms with Crippen molar-refractivity contribution in [2.24, 2.45) is 0 Å². The first-order valence-electron chi connectivity index (χ1n) is 5.70. The number of rotatable bonds is 4. The van der Waals surface area contributed by atoms with Crippen LogP contribution in [0.3, 0.4) is 0 Å². The van der Waals surface area contributed by atoms with Gasteiger partial charge in [0.2, 0.25) is 0 Å². The van der Waals surface area contributed by atoms with Gasteiger partial charge in [-0.15, -0.1) is 0 Å². The molecule has 0 amide bonds. The Morgan fingerprint density at radius 2 is 1.94 bits per heavy atom. The van der Waals surface area contributed by atoms with Crippen molar-refractivity contribution in [1.82, 2.24) is 4.57 Å². The summed E-state index contributed by atoms with van der Waals surface area (Å²) in [5.74, 6) is 0.750. The molecule has 2 rings (SSSR count). The Bertz CT molecular complexity index is 575. The number of nitrogens with zero attached hydrogens (tertiary/aromatic N) is 1. The second kappa shape index (κ2) is 5.74. The fraction of sp³-hybridized carbons (Fsp3) is 0.214. The van der Waals surface area contributed by atoms with Crippen LogP contribution in [0.15, 0.2) is 47.4 Å². The average molecular weight is 264 g/mol. The molecule has 0 radical (unpaired) electrons. The highest BCUT2D eigenvalue weighted by atomic mass is 35.5.